The molecule has 0 aliphatic carbocycles. The fourth-order valence-electron chi connectivity index (χ4n) is 7.27. The number of piperidine rings is 1. The number of halogens is 1. The predicted octanol–water partition coefficient (Wildman–Crippen LogP) is 6.87. The highest BCUT2D eigenvalue weighted by Crippen LogP contribution is 2.35. The third-order valence-corrected chi connectivity index (χ3v) is 10.0. The second-order valence-electron chi connectivity index (χ2n) is 12.7. The predicted molar refractivity (Wildman–Crippen MR) is 183 cm³/mol. The normalized spacial score (nSPS) is 18.4. The molecular formula is C37H44ClN5O2. The van der Waals surface area contributed by atoms with Gasteiger partial charge in [0.1, 0.15) is 6.04 Å². The number of hydrogen-bond acceptors (Lipinski definition) is 3. The minimum Gasteiger partial charge on any atom is -0.361 e. The summed E-state index contributed by atoms with van der Waals surface area (Å²) in [6, 6.07) is 21.8. The molecule has 1 fully saturated rings. The van der Waals surface area contributed by atoms with Crippen molar-refractivity contribution in [2.75, 3.05) is 38.1 Å². The molecule has 0 spiro atoms. The van der Waals surface area contributed by atoms with E-state index in [0.29, 0.717) is 30.6 Å². The number of likely N-dealkylation sites (tertiary alicyclic amines) is 1. The zero-order valence-corrected chi connectivity index (χ0v) is 27.2. The van der Waals surface area contributed by atoms with Gasteiger partial charge in [0, 0.05) is 53.4 Å². The molecule has 3 atom stereocenters. The van der Waals surface area contributed by atoms with E-state index >= 15 is 0 Å². The minimum atomic E-state index is -0.757. The summed E-state index contributed by atoms with van der Waals surface area (Å²) in [4.78, 5) is 35.8. The topological polar surface area (TPSA) is 80.5 Å². The fourth-order valence-corrected chi connectivity index (χ4v) is 7.47. The maximum atomic E-state index is 14.7. The number of amides is 3. The highest BCUT2D eigenvalue weighted by molar-refractivity contribution is 6.30. The molecule has 1 aromatic heterocycles. The van der Waals surface area contributed by atoms with Crippen LogP contribution in [0.3, 0.4) is 0 Å². The van der Waals surface area contributed by atoms with Gasteiger partial charge in [0.2, 0.25) is 5.91 Å². The van der Waals surface area contributed by atoms with Gasteiger partial charge in [0.25, 0.3) is 0 Å². The molecule has 2 aliphatic rings. The first-order valence-electron chi connectivity index (χ1n) is 16.3. The number of anilines is 1. The fraction of sp³-hybridized carbons (Fsp3) is 0.405. The number of urea groups is 1. The number of aromatic nitrogens is 1. The number of benzene rings is 3. The molecule has 3 N–H and O–H groups in total. The number of carbonyl (C=O) groups is 2. The van der Waals surface area contributed by atoms with Crippen molar-refractivity contribution >= 4 is 40.1 Å². The van der Waals surface area contributed by atoms with E-state index in [1.54, 1.807) is 0 Å². The largest absolute Gasteiger partial charge is 0.361 e. The van der Waals surface area contributed by atoms with Crippen LogP contribution in [0.25, 0.3) is 10.9 Å². The summed E-state index contributed by atoms with van der Waals surface area (Å²) in [6.07, 6.45) is 5.65. The quantitative estimate of drug-likeness (QED) is 0.200. The van der Waals surface area contributed by atoms with E-state index in [0.717, 1.165) is 59.9 Å². The van der Waals surface area contributed by atoms with Crippen molar-refractivity contribution in [2.24, 2.45) is 5.92 Å². The Morgan fingerprint density at radius 1 is 1.04 bits per heavy atom. The molecule has 45 heavy (non-hydrogen) atoms. The van der Waals surface area contributed by atoms with E-state index < -0.39 is 6.04 Å². The highest BCUT2D eigenvalue weighted by Gasteiger charge is 2.38. The van der Waals surface area contributed by atoms with Crippen LogP contribution in [-0.2, 0) is 17.6 Å². The summed E-state index contributed by atoms with van der Waals surface area (Å²) in [5, 5.41) is 8.24. The molecule has 0 bridgehead atoms. The van der Waals surface area contributed by atoms with Crippen molar-refractivity contribution < 1.29 is 9.59 Å². The summed E-state index contributed by atoms with van der Waals surface area (Å²) in [5.41, 5.74) is 6.66. The number of nitrogens with zero attached hydrogens (tertiary/aromatic N) is 2. The van der Waals surface area contributed by atoms with Crippen molar-refractivity contribution in [3.05, 3.63) is 100 Å². The molecule has 3 amide bonds. The van der Waals surface area contributed by atoms with Crippen LogP contribution >= 0.6 is 11.6 Å². The van der Waals surface area contributed by atoms with Crippen molar-refractivity contribution in [1.82, 2.24) is 20.5 Å². The summed E-state index contributed by atoms with van der Waals surface area (Å²) in [6.45, 7) is 6.89. The number of hydrogen-bond donors (Lipinski definition) is 3. The maximum absolute atomic E-state index is 14.7. The Bertz CT molecular complexity index is 1660. The number of carbonyl (C=O) groups excluding carboxylic acids is 2. The Balaban J connectivity index is 1.27. The average molecular weight is 626 g/mol. The Labute approximate surface area is 271 Å². The first-order valence-corrected chi connectivity index (χ1v) is 16.7. The van der Waals surface area contributed by atoms with Gasteiger partial charge in [-0.3, -0.25) is 4.79 Å². The SMILES string of the molecule is CCc1cccc(C2CCN(C(=O)NC(C(=O)N3C[C@@H](CNC)Cc4cc(Cl)ccc43)C(C)c3c[nH]c4ccccc34)CC2)c1. The van der Waals surface area contributed by atoms with Gasteiger partial charge in [0.05, 0.1) is 0 Å². The van der Waals surface area contributed by atoms with Crippen LogP contribution in [0.5, 0.6) is 0 Å². The van der Waals surface area contributed by atoms with Crippen LogP contribution in [0.2, 0.25) is 5.02 Å². The second kappa shape index (κ2) is 13.7. The van der Waals surface area contributed by atoms with E-state index in [9.17, 15) is 9.59 Å². The van der Waals surface area contributed by atoms with Gasteiger partial charge in [0.15, 0.2) is 0 Å². The number of fused-ring (bicyclic) bond motifs is 2. The zero-order valence-electron chi connectivity index (χ0n) is 26.5. The molecule has 7 nitrogen and oxygen atoms in total. The van der Waals surface area contributed by atoms with Crippen LogP contribution in [0.4, 0.5) is 10.5 Å². The van der Waals surface area contributed by atoms with E-state index in [4.69, 9.17) is 11.6 Å². The Hall–Kier alpha value is -3.81. The molecule has 236 valence electrons. The minimum absolute atomic E-state index is 0.100. The number of aromatic amines is 1. The Morgan fingerprint density at radius 3 is 2.62 bits per heavy atom. The van der Waals surface area contributed by atoms with Gasteiger partial charge in [-0.2, -0.15) is 0 Å². The number of aryl methyl sites for hydroxylation is 1. The van der Waals surface area contributed by atoms with Gasteiger partial charge in [-0.15, -0.1) is 0 Å². The molecule has 3 aromatic carbocycles. The van der Waals surface area contributed by atoms with Crippen LogP contribution < -0.4 is 15.5 Å². The molecule has 4 aromatic rings. The summed E-state index contributed by atoms with van der Waals surface area (Å²) in [5.74, 6) is 0.294. The molecule has 1 saturated heterocycles. The maximum Gasteiger partial charge on any atom is 0.318 e. The lowest BCUT2D eigenvalue weighted by atomic mass is 9.88. The van der Waals surface area contributed by atoms with Crippen molar-refractivity contribution in [1.29, 1.82) is 0 Å². The van der Waals surface area contributed by atoms with Crippen LogP contribution in [0.15, 0.2) is 72.9 Å². The standard InChI is InChI=1S/C37H44ClN5O2/c1-4-25-8-7-9-28(18-25)27-14-16-42(17-15-27)37(45)41-35(24(2)32-22-40-33-11-6-5-10-31(32)33)36(44)43-23-26(21-39-3)19-29-20-30(38)12-13-34(29)43/h5-13,18,20,22,24,26-27,35,39-40H,4,14-17,19,21,23H2,1-3H3,(H,41,45)/t24?,26-,35?/m1/s1. The van der Waals surface area contributed by atoms with Gasteiger partial charge in [-0.1, -0.05) is 67.9 Å². The highest BCUT2D eigenvalue weighted by atomic mass is 35.5. The van der Waals surface area contributed by atoms with Crippen molar-refractivity contribution in [3.63, 3.8) is 0 Å². The Morgan fingerprint density at radius 2 is 1.84 bits per heavy atom. The lowest BCUT2D eigenvalue weighted by Crippen LogP contribution is -2.57. The molecule has 6 rings (SSSR count). The molecule has 8 heteroatoms. The Kier molecular flexibility index (Phi) is 9.47. The van der Waals surface area contributed by atoms with Crippen LogP contribution in [0, 0.1) is 5.92 Å². The van der Waals surface area contributed by atoms with Gasteiger partial charge >= 0.3 is 6.03 Å². The van der Waals surface area contributed by atoms with Crippen LogP contribution in [-0.4, -0.2) is 61.1 Å². The number of nitrogens with one attached hydrogen (secondary N) is 3. The summed E-state index contributed by atoms with van der Waals surface area (Å²) < 4.78 is 0. The first kappa shape index (κ1) is 31.2. The molecular weight excluding hydrogens is 582 g/mol. The molecule has 2 unspecified atom stereocenters. The van der Waals surface area contributed by atoms with Gasteiger partial charge < -0.3 is 25.4 Å². The zero-order chi connectivity index (χ0) is 31.5. The smallest absolute Gasteiger partial charge is 0.318 e. The van der Waals surface area contributed by atoms with E-state index in [1.165, 1.54) is 11.1 Å². The molecule has 2 aliphatic heterocycles. The molecule has 3 heterocycles. The van der Waals surface area contributed by atoms with E-state index in [1.807, 2.05) is 66.4 Å². The third-order valence-electron chi connectivity index (χ3n) is 9.81. The van der Waals surface area contributed by atoms with Gasteiger partial charge in [-0.25, -0.2) is 4.79 Å². The lowest BCUT2D eigenvalue weighted by Gasteiger charge is -2.39. The monoisotopic (exact) mass is 625 g/mol. The first-order chi connectivity index (χ1) is 21.9. The van der Waals surface area contributed by atoms with Crippen molar-refractivity contribution in [2.45, 2.75) is 57.4 Å². The number of rotatable bonds is 8. The molecule has 0 radical (unpaired) electrons. The second-order valence-corrected chi connectivity index (χ2v) is 13.2. The van der Waals surface area contributed by atoms with E-state index in [-0.39, 0.29) is 23.8 Å². The lowest BCUT2D eigenvalue weighted by molar-refractivity contribution is -0.121. The molecule has 0 saturated carbocycles. The summed E-state index contributed by atoms with van der Waals surface area (Å²) in [7, 11) is 1.94. The third kappa shape index (κ3) is 6.61. The number of H-pyrrole nitrogens is 1. The van der Waals surface area contributed by atoms with E-state index in [2.05, 4.69) is 52.9 Å². The summed E-state index contributed by atoms with van der Waals surface area (Å²) >= 11 is 6.40. The van der Waals surface area contributed by atoms with Gasteiger partial charge in [-0.05, 0) is 97.6 Å². The number of para-hydroxylation sites is 1. The average Bonchev–Trinajstić information content (AvgIpc) is 3.50. The van der Waals surface area contributed by atoms with Crippen LogP contribution in [0.1, 0.15) is 60.8 Å². The van der Waals surface area contributed by atoms with Crippen molar-refractivity contribution in [3.8, 4) is 0 Å².